The molecule has 3 nitrogen and oxygen atoms in total. The third kappa shape index (κ3) is 3.90. The van der Waals surface area contributed by atoms with Crippen molar-refractivity contribution >= 4 is 17.2 Å². The van der Waals surface area contributed by atoms with Gasteiger partial charge in [0.05, 0.1) is 0 Å². The lowest BCUT2D eigenvalue weighted by atomic mass is 9.76. The van der Waals surface area contributed by atoms with Gasteiger partial charge in [-0.2, -0.15) is 0 Å². The van der Waals surface area contributed by atoms with E-state index in [0.717, 1.165) is 17.0 Å². The lowest BCUT2D eigenvalue weighted by Gasteiger charge is -2.51. The van der Waals surface area contributed by atoms with Gasteiger partial charge in [0.25, 0.3) is 0 Å². The number of piperidine rings is 3. The van der Waals surface area contributed by atoms with Gasteiger partial charge in [0.15, 0.2) is 0 Å². The molecular formula is C26H27N3S. The predicted molar refractivity (Wildman–Crippen MR) is 127 cm³/mol. The average Bonchev–Trinajstić information content (AvgIpc) is 2.82. The van der Waals surface area contributed by atoms with E-state index in [1.54, 1.807) is 0 Å². The highest BCUT2D eigenvalue weighted by molar-refractivity contribution is 7.80. The highest BCUT2D eigenvalue weighted by atomic mass is 32.1. The van der Waals surface area contributed by atoms with Gasteiger partial charge in [0, 0.05) is 30.0 Å². The first-order chi connectivity index (χ1) is 14.8. The summed E-state index contributed by atoms with van der Waals surface area (Å²) < 4.78 is 0. The van der Waals surface area contributed by atoms with Crippen LogP contribution in [0.4, 0.5) is 0 Å². The zero-order valence-corrected chi connectivity index (χ0v) is 17.9. The number of fused-ring (bicyclic) bond motifs is 3. The first kappa shape index (κ1) is 19.4. The minimum Gasteiger partial charge on any atom is -0.371 e. The number of nitrogens with zero attached hydrogens (tertiary/aromatic N) is 2. The van der Waals surface area contributed by atoms with Crippen LogP contribution in [0.2, 0.25) is 0 Å². The quantitative estimate of drug-likeness (QED) is 0.613. The number of benzene rings is 2. The fraction of sp³-hybridized carbons (Fsp3) is 0.308. The van der Waals surface area contributed by atoms with Crippen LogP contribution in [0, 0.1) is 5.92 Å². The second-order valence-electron chi connectivity index (χ2n) is 8.42. The van der Waals surface area contributed by atoms with Crippen molar-refractivity contribution in [3.05, 3.63) is 90.3 Å². The topological polar surface area (TPSA) is 28.2 Å². The smallest absolute Gasteiger partial charge is 0.107 e. The fourth-order valence-corrected chi connectivity index (χ4v) is 5.48. The number of hydrogen-bond acceptors (Lipinski definition) is 3. The Morgan fingerprint density at radius 1 is 0.967 bits per heavy atom. The highest BCUT2D eigenvalue weighted by Gasteiger charge is 2.42. The zero-order valence-electron chi connectivity index (χ0n) is 17.1. The van der Waals surface area contributed by atoms with Gasteiger partial charge in [0.2, 0.25) is 0 Å². The molecule has 30 heavy (non-hydrogen) atoms. The van der Waals surface area contributed by atoms with Crippen LogP contribution in [0.3, 0.4) is 0 Å². The summed E-state index contributed by atoms with van der Waals surface area (Å²) in [6, 6.07) is 24.1. The summed E-state index contributed by atoms with van der Waals surface area (Å²) in [5, 5.41) is 3.82. The highest BCUT2D eigenvalue weighted by Crippen LogP contribution is 2.34. The Morgan fingerprint density at radius 2 is 1.73 bits per heavy atom. The van der Waals surface area contributed by atoms with Gasteiger partial charge in [0.1, 0.15) is 4.99 Å². The maximum Gasteiger partial charge on any atom is 0.107 e. The van der Waals surface area contributed by atoms with Crippen LogP contribution in [0.15, 0.2) is 79.1 Å². The zero-order chi connectivity index (χ0) is 20.3. The maximum atomic E-state index is 5.98. The fourth-order valence-electron chi connectivity index (χ4n) is 5.16. The molecular weight excluding hydrogens is 386 g/mol. The summed E-state index contributed by atoms with van der Waals surface area (Å²) in [6.45, 7) is 2.39. The molecule has 2 atom stereocenters. The molecule has 3 aliphatic rings. The largest absolute Gasteiger partial charge is 0.371 e. The molecule has 4 heteroatoms. The van der Waals surface area contributed by atoms with Crippen molar-refractivity contribution in [1.29, 1.82) is 0 Å². The molecule has 2 aromatic carbocycles. The van der Waals surface area contributed by atoms with Crippen LogP contribution < -0.4 is 5.32 Å². The van der Waals surface area contributed by atoms with Crippen LogP contribution in [-0.2, 0) is 6.42 Å². The number of pyridine rings is 1. The molecule has 0 saturated carbocycles. The van der Waals surface area contributed by atoms with Crippen molar-refractivity contribution in [3.8, 4) is 11.1 Å². The monoisotopic (exact) mass is 413 g/mol. The summed E-state index contributed by atoms with van der Waals surface area (Å²) in [5.41, 5.74) is 4.83. The molecule has 3 aliphatic heterocycles. The standard InChI is InChI=1S/C26H27N3S/c30-26(23-11-5-4-10-22(23)20-8-2-1-3-9-20)28-25-21-12-15-29(16-13-21)24(25)17-19-7-6-14-27-18-19/h1-11,14,18,21,24-25H,12-13,15-17H2,(H,28,30). The van der Waals surface area contributed by atoms with Crippen LogP contribution in [-0.4, -0.2) is 40.0 Å². The molecule has 3 saturated heterocycles. The van der Waals surface area contributed by atoms with E-state index in [1.165, 1.54) is 42.6 Å². The maximum absolute atomic E-state index is 5.98. The molecule has 4 heterocycles. The molecule has 2 bridgehead atoms. The lowest BCUT2D eigenvalue weighted by Crippen LogP contribution is -2.64. The lowest BCUT2D eigenvalue weighted by molar-refractivity contribution is 0.0212. The van der Waals surface area contributed by atoms with E-state index < -0.39 is 0 Å². The van der Waals surface area contributed by atoms with Gasteiger partial charge in [-0.05, 0) is 61.0 Å². The molecule has 6 rings (SSSR count). The van der Waals surface area contributed by atoms with Gasteiger partial charge in [-0.3, -0.25) is 9.88 Å². The van der Waals surface area contributed by atoms with E-state index in [-0.39, 0.29) is 0 Å². The van der Waals surface area contributed by atoms with Gasteiger partial charge >= 0.3 is 0 Å². The molecule has 152 valence electrons. The summed E-state index contributed by atoms with van der Waals surface area (Å²) in [5.74, 6) is 0.679. The van der Waals surface area contributed by atoms with E-state index >= 15 is 0 Å². The minimum atomic E-state index is 0.379. The van der Waals surface area contributed by atoms with E-state index in [9.17, 15) is 0 Å². The van der Waals surface area contributed by atoms with E-state index in [4.69, 9.17) is 12.2 Å². The Kier molecular flexibility index (Phi) is 5.60. The van der Waals surface area contributed by atoms with Crippen molar-refractivity contribution in [2.75, 3.05) is 13.1 Å². The second kappa shape index (κ2) is 8.66. The Labute approximate surface area is 184 Å². The van der Waals surface area contributed by atoms with Crippen LogP contribution in [0.25, 0.3) is 11.1 Å². The van der Waals surface area contributed by atoms with Gasteiger partial charge in [-0.1, -0.05) is 72.9 Å². The van der Waals surface area contributed by atoms with Crippen LogP contribution in [0.5, 0.6) is 0 Å². The third-order valence-electron chi connectivity index (χ3n) is 6.69. The normalized spacial score (nSPS) is 25.1. The van der Waals surface area contributed by atoms with Crippen LogP contribution in [0.1, 0.15) is 24.0 Å². The SMILES string of the molecule is S=C(NC1C2CCN(CC2)C1Cc1cccnc1)c1ccccc1-c1ccccc1. The number of rotatable bonds is 5. The molecule has 3 fully saturated rings. The summed E-state index contributed by atoms with van der Waals surface area (Å²) >= 11 is 5.98. The molecule has 1 N–H and O–H groups in total. The molecule has 0 amide bonds. The second-order valence-corrected chi connectivity index (χ2v) is 8.83. The molecule has 1 aromatic heterocycles. The third-order valence-corrected chi connectivity index (χ3v) is 7.03. The van der Waals surface area contributed by atoms with E-state index in [1.807, 2.05) is 18.5 Å². The van der Waals surface area contributed by atoms with Crippen molar-refractivity contribution in [2.24, 2.45) is 5.92 Å². The Balaban J connectivity index is 1.41. The summed E-state index contributed by atoms with van der Waals surface area (Å²) in [4.78, 5) is 7.84. The molecule has 0 spiro atoms. The van der Waals surface area contributed by atoms with Crippen LogP contribution >= 0.6 is 12.2 Å². The number of nitrogens with one attached hydrogen (secondary N) is 1. The van der Waals surface area contributed by atoms with E-state index in [2.05, 4.69) is 75.9 Å². The van der Waals surface area contributed by atoms with Gasteiger partial charge in [-0.25, -0.2) is 0 Å². The molecule has 3 aromatic rings. The summed E-state index contributed by atoms with van der Waals surface area (Å²) in [7, 11) is 0. The summed E-state index contributed by atoms with van der Waals surface area (Å²) in [6.07, 6.45) is 7.38. The first-order valence-electron chi connectivity index (χ1n) is 10.9. The van der Waals surface area contributed by atoms with Gasteiger partial charge in [-0.15, -0.1) is 0 Å². The Morgan fingerprint density at radius 3 is 2.50 bits per heavy atom. The van der Waals surface area contributed by atoms with Gasteiger partial charge < -0.3 is 5.32 Å². The predicted octanol–water partition coefficient (Wildman–Crippen LogP) is 4.72. The number of hydrogen-bond donors (Lipinski definition) is 1. The van der Waals surface area contributed by atoms with Crippen molar-refractivity contribution in [3.63, 3.8) is 0 Å². The Bertz CT molecular complexity index is 997. The number of aromatic nitrogens is 1. The van der Waals surface area contributed by atoms with Crippen molar-refractivity contribution < 1.29 is 0 Å². The molecule has 2 unspecified atom stereocenters. The Hall–Kier alpha value is -2.56. The first-order valence-corrected chi connectivity index (χ1v) is 11.3. The van der Waals surface area contributed by atoms with Crippen molar-refractivity contribution in [2.45, 2.75) is 31.3 Å². The molecule has 0 aliphatic carbocycles. The van der Waals surface area contributed by atoms with Crippen molar-refractivity contribution in [1.82, 2.24) is 15.2 Å². The average molecular weight is 414 g/mol. The van der Waals surface area contributed by atoms with E-state index in [0.29, 0.717) is 18.0 Å². The molecule has 0 radical (unpaired) electrons. The number of thiocarbonyl (C=S) groups is 1. The minimum absolute atomic E-state index is 0.379.